The Balaban J connectivity index is 0.00000288. The number of piperidine rings is 1. The van der Waals surface area contributed by atoms with Gasteiger partial charge < -0.3 is 5.73 Å². The summed E-state index contributed by atoms with van der Waals surface area (Å²) in [5.41, 5.74) is 5.15. The van der Waals surface area contributed by atoms with Gasteiger partial charge in [0.05, 0.1) is 15.4 Å². The summed E-state index contributed by atoms with van der Waals surface area (Å²) in [4.78, 5) is 9.83. The van der Waals surface area contributed by atoms with Crippen molar-refractivity contribution in [3.63, 3.8) is 0 Å². The zero-order valence-electron chi connectivity index (χ0n) is 13.4. The molecule has 0 aromatic heterocycles. The molecule has 1 aromatic carbocycles. The van der Waals surface area contributed by atoms with Crippen molar-refractivity contribution in [3.05, 3.63) is 33.6 Å². The van der Waals surface area contributed by atoms with Gasteiger partial charge >= 0.3 is 0 Å². The third-order valence-electron chi connectivity index (χ3n) is 4.20. The number of benzene rings is 1. The average Bonchev–Trinajstić information content (AvgIpc) is 2.49. The van der Waals surface area contributed by atoms with E-state index in [9.17, 15) is 22.9 Å². The predicted molar refractivity (Wildman–Crippen MR) is 90.2 cm³/mol. The lowest BCUT2D eigenvalue weighted by Crippen LogP contribution is -2.51. The van der Waals surface area contributed by atoms with E-state index in [-0.39, 0.29) is 30.6 Å². The van der Waals surface area contributed by atoms with Crippen LogP contribution >= 0.6 is 12.4 Å². The van der Waals surface area contributed by atoms with Crippen molar-refractivity contribution in [1.29, 1.82) is 0 Å². The molecule has 1 aromatic rings. The van der Waals surface area contributed by atoms with Crippen LogP contribution in [0.1, 0.15) is 31.7 Å². The number of sulfonamides is 1. The summed E-state index contributed by atoms with van der Waals surface area (Å²) >= 11 is 0. The fourth-order valence-electron chi connectivity index (χ4n) is 2.87. The van der Waals surface area contributed by atoms with Crippen molar-refractivity contribution >= 4 is 28.1 Å². The van der Waals surface area contributed by atoms with Crippen LogP contribution in [-0.2, 0) is 10.0 Å². The molecule has 1 heterocycles. The van der Waals surface area contributed by atoms with E-state index in [1.54, 1.807) is 6.92 Å². The summed E-state index contributed by atoms with van der Waals surface area (Å²) in [5.74, 6) is -0.910. The van der Waals surface area contributed by atoms with Crippen LogP contribution in [0.2, 0.25) is 0 Å². The molecule has 0 aliphatic carbocycles. The molecular formula is C14H21ClFN3O4S. The summed E-state index contributed by atoms with van der Waals surface area (Å²) in [6.07, 6.45) is 2.16. The lowest BCUT2D eigenvalue weighted by atomic mass is 10.00. The van der Waals surface area contributed by atoms with Gasteiger partial charge in [-0.1, -0.05) is 6.42 Å². The second-order valence-electron chi connectivity index (χ2n) is 5.84. The molecule has 0 amide bonds. The number of nitro benzene ring substituents is 1. The fraction of sp³-hybridized carbons (Fsp3) is 0.571. The minimum absolute atomic E-state index is 0. The highest BCUT2D eigenvalue weighted by Gasteiger charge is 2.36. The first-order valence-corrected chi connectivity index (χ1v) is 8.82. The zero-order valence-corrected chi connectivity index (χ0v) is 15.1. The molecule has 0 bridgehead atoms. The third kappa shape index (κ3) is 3.85. The second-order valence-corrected chi connectivity index (χ2v) is 7.73. The lowest BCUT2D eigenvalue weighted by Gasteiger charge is -2.36. The Hall–Kier alpha value is -1.29. The Morgan fingerprint density at radius 3 is 2.58 bits per heavy atom. The normalized spacial score (nSPS) is 20.2. The molecule has 1 aliphatic rings. The van der Waals surface area contributed by atoms with Crippen molar-refractivity contribution in [1.82, 2.24) is 4.31 Å². The van der Waals surface area contributed by atoms with Gasteiger partial charge in [0.25, 0.3) is 5.69 Å². The van der Waals surface area contributed by atoms with Gasteiger partial charge in [0.2, 0.25) is 10.0 Å². The number of hydrogen-bond acceptors (Lipinski definition) is 5. The highest BCUT2D eigenvalue weighted by molar-refractivity contribution is 7.89. The molecule has 0 radical (unpaired) electrons. The number of nitrogens with zero attached hydrogens (tertiary/aromatic N) is 2. The Labute approximate surface area is 146 Å². The van der Waals surface area contributed by atoms with Gasteiger partial charge in [-0.25, -0.2) is 12.8 Å². The highest BCUT2D eigenvalue weighted by atomic mass is 35.5. The van der Waals surface area contributed by atoms with Crippen LogP contribution < -0.4 is 5.73 Å². The van der Waals surface area contributed by atoms with Gasteiger partial charge in [-0.3, -0.25) is 10.1 Å². The monoisotopic (exact) mass is 381 g/mol. The van der Waals surface area contributed by atoms with Gasteiger partial charge in [-0.15, -0.1) is 12.4 Å². The topological polar surface area (TPSA) is 107 Å². The third-order valence-corrected chi connectivity index (χ3v) is 6.10. The first-order chi connectivity index (χ1) is 10.7. The van der Waals surface area contributed by atoms with Crippen LogP contribution in [0.25, 0.3) is 0 Å². The van der Waals surface area contributed by atoms with Gasteiger partial charge in [-0.05, 0) is 32.8 Å². The van der Waals surface area contributed by atoms with E-state index in [0.717, 1.165) is 18.6 Å². The van der Waals surface area contributed by atoms with Gasteiger partial charge in [0, 0.05) is 24.7 Å². The smallest absolute Gasteiger partial charge is 0.276 e. The predicted octanol–water partition coefficient (Wildman–Crippen LogP) is 2.35. The summed E-state index contributed by atoms with van der Waals surface area (Å²) < 4.78 is 40.8. The summed E-state index contributed by atoms with van der Waals surface area (Å²) in [6.45, 7) is 3.24. The second kappa shape index (κ2) is 7.73. The number of halogens is 2. The Morgan fingerprint density at radius 2 is 2.04 bits per heavy atom. The standard InChI is InChI=1S/C14H20FN3O4S.ClH/c1-9-12(15)7-11(8-14(9)18(19)20)23(21,22)17-6-4-3-5-13(17)10(2)16;/h7-8,10,13H,3-6,16H2,1-2H3;1H. The molecular weight excluding hydrogens is 361 g/mol. The minimum atomic E-state index is -4.04. The van der Waals surface area contributed by atoms with Crippen LogP contribution in [0.15, 0.2) is 17.0 Å². The lowest BCUT2D eigenvalue weighted by molar-refractivity contribution is -0.385. The Morgan fingerprint density at radius 1 is 1.42 bits per heavy atom. The van der Waals surface area contributed by atoms with E-state index in [1.165, 1.54) is 11.2 Å². The van der Waals surface area contributed by atoms with E-state index in [2.05, 4.69) is 0 Å². The van der Waals surface area contributed by atoms with Crippen LogP contribution in [0.4, 0.5) is 10.1 Å². The summed E-state index contributed by atoms with van der Waals surface area (Å²) in [5, 5.41) is 11.0. The van der Waals surface area contributed by atoms with E-state index in [1.807, 2.05) is 0 Å². The molecule has 0 spiro atoms. The number of nitrogens with two attached hydrogens (primary N) is 1. The van der Waals surface area contributed by atoms with Crippen molar-refractivity contribution < 1.29 is 17.7 Å². The number of nitro groups is 1. The molecule has 2 N–H and O–H groups in total. The molecule has 7 nitrogen and oxygen atoms in total. The molecule has 2 rings (SSSR count). The van der Waals surface area contributed by atoms with Crippen molar-refractivity contribution in [2.75, 3.05) is 6.54 Å². The molecule has 1 aliphatic heterocycles. The van der Waals surface area contributed by atoms with Crippen molar-refractivity contribution in [2.24, 2.45) is 5.73 Å². The molecule has 136 valence electrons. The maximum absolute atomic E-state index is 13.9. The average molecular weight is 382 g/mol. The van der Waals surface area contributed by atoms with Crippen LogP contribution in [0.5, 0.6) is 0 Å². The minimum Gasteiger partial charge on any atom is -0.326 e. The van der Waals surface area contributed by atoms with Crippen LogP contribution in [-0.4, -0.2) is 36.3 Å². The fourth-order valence-corrected chi connectivity index (χ4v) is 4.68. The maximum atomic E-state index is 13.9. The van der Waals surface area contributed by atoms with E-state index >= 15 is 0 Å². The first kappa shape index (κ1) is 20.8. The van der Waals surface area contributed by atoms with Crippen LogP contribution in [0.3, 0.4) is 0 Å². The largest absolute Gasteiger partial charge is 0.326 e. The maximum Gasteiger partial charge on any atom is 0.276 e. The number of hydrogen-bond donors (Lipinski definition) is 1. The van der Waals surface area contributed by atoms with Gasteiger partial charge in [-0.2, -0.15) is 4.31 Å². The molecule has 2 unspecified atom stereocenters. The van der Waals surface area contributed by atoms with E-state index in [0.29, 0.717) is 12.8 Å². The van der Waals surface area contributed by atoms with Crippen molar-refractivity contribution in [2.45, 2.75) is 50.1 Å². The van der Waals surface area contributed by atoms with Crippen molar-refractivity contribution in [3.8, 4) is 0 Å². The summed E-state index contributed by atoms with van der Waals surface area (Å²) in [6, 6.07) is 0.984. The Kier molecular flexibility index (Phi) is 6.68. The Bertz CT molecular complexity index is 727. The molecule has 2 atom stereocenters. The highest BCUT2D eigenvalue weighted by Crippen LogP contribution is 2.31. The first-order valence-electron chi connectivity index (χ1n) is 7.38. The summed E-state index contributed by atoms with van der Waals surface area (Å²) in [7, 11) is -4.04. The molecule has 24 heavy (non-hydrogen) atoms. The van der Waals surface area contributed by atoms with E-state index in [4.69, 9.17) is 5.73 Å². The zero-order chi connectivity index (χ0) is 17.4. The molecule has 10 heteroatoms. The molecule has 1 saturated heterocycles. The molecule has 0 saturated carbocycles. The van der Waals surface area contributed by atoms with Gasteiger partial charge in [0.15, 0.2) is 0 Å². The van der Waals surface area contributed by atoms with E-state index < -0.39 is 37.4 Å². The van der Waals surface area contributed by atoms with Gasteiger partial charge in [0.1, 0.15) is 5.82 Å². The van der Waals surface area contributed by atoms with Crippen LogP contribution in [0, 0.1) is 22.9 Å². The quantitative estimate of drug-likeness (QED) is 0.636. The number of rotatable bonds is 4. The molecule has 1 fully saturated rings. The SMILES string of the molecule is Cc1c(F)cc(S(=O)(=O)N2CCCCC2C(C)N)cc1[N+](=O)[O-].Cl.